The highest BCUT2D eigenvalue weighted by atomic mass is 32.2. The van der Waals surface area contributed by atoms with Gasteiger partial charge in [0.25, 0.3) is 0 Å². The molecule has 4 rings (SSSR count). The molecule has 2 heterocycles. The molecule has 1 aliphatic rings. The molecule has 0 spiro atoms. The van der Waals surface area contributed by atoms with Crippen molar-refractivity contribution in [1.29, 1.82) is 0 Å². The van der Waals surface area contributed by atoms with Crippen molar-refractivity contribution < 1.29 is 26.7 Å². The Balaban J connectivity index is 1.31. The smallest absolute Gasteiger partial charge is 0.411 e. The number of ether oxygens (including phenoxy) is 1. The molecule has 2 aromatic carbocycles. The molecule has 1 aromatic heterocycles. The van der Waals surface area contributed by atoms with Crippen LogP contribution in [0.4, 0.5) is 19.3 Å². The minimum Gasteiger partial charge on any atom is -0.449 e. The highest BCUT2D eigenvalue weighted by Gasteiger charge is 2.21. The zero-order valence-electron chi connectivity index (χ0n) is 19.9. The number of amides is 1. The summed E-state index contributed by atoms with van der Waals surface area (Å²) >= 11 is 0. The van der Waals surface area contributed by atoms with E-state index in [4.69, 9.17) is 4.74 Å². The van der Waals surface area contributed by atoms with Gasteiger partial charge in [-0.1, -0.05) is 12.1 Å². The third-order valence-electron chi connectivity index (χ3n) is 5.83. The number of anilines is 1. The quantitative estimate of drug-likeness (QED) is 0.444. The lowest BCUT2D eigenvalue weighted by molar-refractivity contribution is 0.153. The summed E-state index contributed by atoms with van der Waals surface area (Å²) in [4.78, 5) is 26.6. The van der Waals surface area contributed by atoms with E-state index in [1.807, 2.05) is 4.90 Å². The van der Waals surface area contributed by atoms with E-state index >= 15 is 0 Å². The van der Waals surface area contributed by atoms with Crippen LogP contribution in [0.25, 0.3) is 5.69 Å². The lowest BCUT2D eigenvalue weighted by Gasteiger charge is -2.26. The Morgan fingerprint density at radius 2 is 1.78 bits per heavy atom. The van der Waals surface area contributed by atoms with E-state index in [9.17, 15) is 26.8 Å². The normalized spacial score (nSPS) is 15.3. The molecule has 1 N–H and O–H groups in total. The first-order valence-corrected chi connectivity index (χ1v) is 13.5. The Kier molecular flexibility index (Phi) is 8.29. The first-order chi connectivity index (χ1) is 17.7. The summed E-state index contributed by atoms with van der Waals surface area (Å²) in [5.74, 6) is -1.21. The maximum Gasteiger partial charge on any atom is 0.411 e. The Morgan fingerprint density at radius 3 is 2.51 bits per heavy atom. The minimum atomic E-state index is -2.93. The molecule has 1 amide bonds. The van der Waals surface area contributed by atoms with Gasteiger partial charge >= 0.3 is 6.09 Å². The molecule has 3 aromatic rings. The molecule has 9 nitrogen and oxygen atoms in total. The van der Waals surface area contributed by atoms with Crippen LogP contribution in [0.1, 0.15) is 17.7 Å². The van der Waals surface area contributed by atoms with Gasteiger partial charge in [-0.3, -0.25) is 10.1 Å². The predicted octanol–water partition coefficient (Wildman–Crippen LogP) is 2.77. The zero-order valence-corrected chi connectivity index (χ0v) is 20.7. The number of nitrogens with one attached hydrogen (secondary N) is 1. The molecule has 196 valence electrons. The van der Waals surface area contributed by atoms with Crippen LogP contribution in [0.15, 0.2) is 59.5 Å². The number of rotatable bonds is 8. The van der Waals surface area contributed by atoms with E-state index in [1.165, 1.54) is 16.9 Å². The van der Waals surface area contributed by atoms with Gasteiger partial charge in [-0.2, -0.15) is 5.10 Å². The van der Waals surface area contributed by atoms with Crippen LogP contribution < -0.4 is 10.7 Å². The summed E-state index contributed by atoms with van der Waals surface area (Å²) in [6, 6.07) is 11.1. The fourth-order valence-corrected chi connectivity index (χ4v) is 5.20. The molecule has 1 saturated heterocycles. The molecule has 1 aliphatic heterocycles. The zero-order chi connectivity index (χ0) is 26.4. The summed E-state index contributed by atoms with van der Waals surface area (Å²) in [6.45, 7) is 1.80. The van der Waals surface area contributed by atoms with Crippen molar-refractivity contribution in [2.75, 3.05) is 43.1 Å². The molecule has 1 fully saturated rings. The molecule has 37 heavy (non-hydrogen) atoms. The van der Waals surface area contributed by atoms with Crippen LogP contribution in [-0.2, 0) is 21.0 Å². The fourth-order valence-electron chi connectivity index (χ4n) is 3.92. The van der Waals surface area contributed by atoms with Crippen molar-refractivity contribution in [3.05, 3.63) is 87.8 Å². The molecule has 0 aliphatic carbocycles. The molecule has 0 unspecified atom stereocenters. The summed E-state index contributed by atoms with van der Waals surface area (Å²) in [5, 5.41) is 6.87. The van der Waals surface area contributed by atoms with Crippen molar-refractivity contribution in [2.24, 2.45) is 0 Å². The second-order valence-corrected chi connectivity index (χ2v) is 11.0. The van der Waals surface area contributed by atoms with Crippen molar-refractivity contribution in [3.63, 3.8) is 0 Å². The number of hydrogen-bond acceptors (Lipinski definition) is 7. The third kappa shape index (κ3) is 7.67. The monoisotopic (exact) mass is 532 g/mol. The van der Waals surface area contributed by atoms with Crippen molar-refractivity contribution >= 4 is 21.6 Å². The highest BCUT2D eigenvalue weighted by molar-refractivity contribution is 7.91. The van der Waals surface area contributed by atoms with Gasteiger partial charge in [0.15, 0.2) is 9.84 Å². The van der Waals surface area contributed by atoms with Gasteiger partial charge in [-0.05, 0) is 36.2 Å². The average molecular weight is 533 g/mol. The first kappa shape index (κ1) is 26.4. The first-order valence-electron chi connectivity index (χ1n) is 11.7. The Morgan fingerprint density at radius 1 is 1.05 bits per heavy atom. The number of carbonyl (C=O) groups is 1. The maximum atomic E-state index is 13.6. The molecule has 0 saturated carbocycles. The summed E-state index contributed by atoms with van der Waals surface area (Å²) in [7, 11) is -2.93. The van der Waals surface area contributed by atoms with Gasteiger partial charge in [0.2, 0.25) is 5.43 Å². The molecule has 12 heteroatoms. The fraction of sp³-hybridized carbons (Fsp3) is 0.320. The van der Waals surface area contributed by atoms with Gasteiger partial charge in [0, 0.05) is 50.1 Å². The topological polar surface area (TPSA) is 111 Å². The largest absolute Gasteiger partial charge is 0.449 e. The maximum absolute atomic E-state index is 13.6. The number of aromatic nitrogens is 2. The van der Waals surface area contributed by atoms with Gasteiger partial charge in [0.05, 0.1) is 23.8 Å². The van der Waals surface area contributed by atoms with Gasteiger partial charge in [0.1, 0.15) is 17.3 Å². The lowest BCUT2D eigenvalue weighted by atomic mass is 10.1. The van der Waals surface area contributed by atoms with Crippen LogP contribution in [-0.4, -0.2) is 66.9 Å². The SMILES string of the molecule is O=C(Nc1cccc(Cc2nn(-c3cc(F)cc(F)c3)ccc2=O)c1)OCCCN1CCS(=O)(=O)CC1. The Labute approximate surface area is 212 Å². The standard InChI is InChI=1S/C25H26F2N4O5S/c26-19-15-20(27)17-22(16-19)31-7-5-24(32)23(29-31)14-18-3-1-4-21(13-18)28-25(33)36-10-2-6-30-8-11-37(34,35)12-9-30/h1,3-5,7,13,15-17H,2,6,8-12,14H2,(H,28,33). The van der Waals surface area contributed by atoms with E-state index in [0.29, 0.717) is 37.3 Å². The third-order valence-corrected chi connectivity index (χ3v) is 7.43. The molecular weight excluding hydrogens is 506 g/mol. The highest BCUT2D eigenvalue weighted by Crippen LogP contribution is 2.15. The van der Waals surface area contributed by atoms with Crippen molar-refractivity contribution in [1.82, 2.24) is 14.7 Å². The number of nitrogens with zero attached hydrogens (tertiary/aromatic N) is 3. The number of benzene rings is 2. The summed E-state index contributed by atoms with van der Waals surface area (Å²) in [6.07, 6.45) is 1.41. The van der Waals surface area contributed by atoms with Crippen LogP contribution in [0.3, 0.4) is 0 Å². The summed E-state index contributed by atoms with van der Waals surface area (Å²) in [5.41, 5.74) is 1.12. The van der Waals surface area contributed by atoms with Crippen molar-refractivity contribution in [2.45, 2.75) is 12.8 Å². The Bertz CT molecular complexity index is 1410. The van der Waals surface area contributed by atoms with Crippen molar-refractivity contribution in [3.8, 4) is 5.69 Å². The second-order valence-electron chi connectivity index (χ2n) is 8.68. The van der Waals surface area contributed by atoms with Crippen LogP contribution >= 0.6 is 0 Å². The van der Waals surface area contributed by atoms with Crippen LogP contribution in [0.2, 0.25) is 0 Å². The molecular formula is C25H26F2N4O5S. The van der Waals surface area contributed by atoms with E-state index in [2.05, 4.69) is 10.4 Å². The summed E-state index contributed by atoms with van der Waals surface area (Å²) < 4.78 is 56.6. The van der Waals surface area contributed by atoms with Crippen LogP contribution in [0.5, 0.6) is 0 Å². The minimum absolute atomic E-state index is 0.133. The molecule has 0 radical (unpaired) electrons. The number of sulfone groups is 1. The Hall–Kier alpha value is -3.64. The van der Waals surface area contributed by atoms with Gasteiger partial charge < -0.3 is 9.64 Å². The molecule has 0 atom stereocenters. The van der Waals surface area contributed by atoms with E-state index in [-0.39, 0.29) is 41.3 Å². The predicted molar refractivity (Wildman–Crippen MR) is 134 cm³/mol. The molecule has 0 bridgehead atoms. The number of hydrogen-bond donors (Lipinski definition) is 1. The van der Waals surface area contributed by atoms with E-state index < -0.39 is 27.6 Å². The average Bonchev–Trinajstić information content (AvgIpc) is 2.84. The number of carbonyl (C=O) groups excluding carboxylic acids is 1. The van der Waals surface area contributed by atoms with Gasteiger partial charge in [-0.15, -0.1) is 0 Å². The van der Waals surface area contributed by atoms with Crippen LogP contribution in [0, 0.1) is 11.6 Å². The van der Waals surface area contributed by atoms with E-state index in [1.54, 1.807) is 24.3 Å². The number of halogens is 2. The second kappa shape index (κ2) is 11.6. The van der Waals surface area contributed by atoms with Gasteiger partial charge in [-0.25, -0.2) is 26.7 Å². The lowest BCUT2D eigenvalue weighted by Crippen LogP contribution is -2.40. The van der Waals surface area contributed by atoms with E-state index in [0.717, 1.165) is 18.2 Å².